The summed E-state index contributed by atoms with van der Waals surface area (Å²) in [4.78, 5) is 14.8. The van der Waals surface area contributed by atoms with Gasteiger partial charge in [-0.15, -0.1) is 0 Å². The predicted molar refractivity (Wildman–Crippen MR) is 57.3 cm³/mol. The molecule has 80 valence electrons. The van der Waals surface area contributed by atoms with E-state index in [0.717, 1.165) is 0 Å². The normalized spacial score (nSPS) is 12.9. The Morgan fingerprint density at radius 1 is 1.53 bits per heavy atom. The predicted octanol–water partition coefficient (Wildman–Crippen LogP) is 0.761. The number of nitrogens with zero attached hydrogens (tertiary/aromatic N) is 1. The maximum Gasteiger partial charge on any atom is 0.156 e. The Morgan fingerprint density at radius 3 is 2.73 bits per heavy atom. The van der Waals surface area contributed by atoms with Gasteiger partial charge < -0.3 is 10.2 Å². The molecule has 0 aliphatic rings. The number of phenols is 1. The lowest BCUT2D eigenvalue weighted by Crippen LogP contribution is -2.19. The van der Waals surface area contributed by atoms with Crippen LogP contribution in [0.3, 0.4) is 0 Å². The second-order valence-electron chi connectivity index (χ2n) is 3.15. The number of aliphatic imine (C=N–C) groups is 1. The van der Waals surface area contributed by atoms with E-state index in [4.69, 9.17) is 5.11 Å². The van der Waals surface area contributed by atoms with Crippen LogP contribution in [0.4, 0.5) is 0 Å². The number of rotatable bonds is 4. The van der Waals surface area contributed by atoms with E-state index >= 15 is 0 Å². The summed E-state index contributed by atoms with van der Waals surface area (Å²) in [6.07, 6.45) is 1.39. The van der Waals surface area contributed by atoms with Gasteiger partial charge in [0, 0.05) is 11.8 Å². The van der Waals surface area contributed by atoms with Crippen LogP contribution in [-0.4, -0.2) is 34.9 Å². The summed E-state index contributed by atoms with van der Waals surface area (Å²) in [5, 5.41) is 18.2. The van der Waals surface area contributed by atoms with Crippen molar-refractivity contribution in [2.24, 2.45) is 4.99 Å². The number of aliphatic hydroxyl groups excluding tert-OH is 1. The van der Waals surface area contributed by atoms with Crippen LogP contribution in [0.25, 0.3) is 0 Å². The number of benzene rings is 1. The second kappa shape index (κ2) is 5.26. The van der Waals surface area contributed by atoms with Gasteiger partial charge in [-0.25, -0.2) is 0 Å². The Morgan fingerprint density at radius 2 is 2.20 bits per heavy atom. The fraction of sp³-hybridized carbons (Fsp3) is 0.273. The minimum atomic E-state index is -0.746. The molecule has 0 bridgehead atoms. The number of hydrogen-bond donors (Lipinski definition) is 2. The third-order valence-electron chi connectivity index (χ3n) is 1.97. The molecule has 0 spiro atoms. The first-order valence-electron chi connectivity index (χ1n) is 4.57. The van der Waals surface area contributed by atoms with E-state index in [1.807, 2.05) is 0 Å². The van der Waals surface area contributed by atoms with Crippen molar-refractivity contribution in [1.29, 1.82) is 0 Å². The number of para-hydroxylation sites is 1. The zero-order chi connectivity index (χ0) is 11.3. The number of hydrogen-bond acceptors (Lipinski definition) is 4. The van der Waals surface area contributed by atoms with Crippen LogP contribution in [0.1, 0.15) is 12.5 Å². The molecule has 0 aliphatic carbocycles. The third-order valence-corrected chi connectivity index (χ3v) is 1.97. The van der Waals surface area contributed by atoms with Gasteiger partial charge in [0.15, 0.2) is 5.78 Å². The van der Waals surface area contributed by atoms with Gasteiger partial charge >= 0.3 is 0 Å². The van der Waals surface area contributed by atoms with Gasteiger partial charge in [-0.3, -0.25) is 9.79 Å². The van der Waals surface area contributed by atoms with E-state index in [1.54, 1.807) is 18.2 Å². The fourth-order valence-electron chi connectivity index (χ4n) is 1.05. The topological polar surface area (TPSA) is 69.9 Å². The van der Waals surface area contributed by atoms with Crippen LogP contribution in [-0.2, 0) is 4.79 Å². The highest BCUT2D eigenvalue weighted by Crippen LogP contribution is 2.13. The molecule has 0 heterocycles. The van der Waals surface area contributed by atoms with Gasteiger partial charge in [0.1, 0.15) is 11.8 Å². The number of carbonyl (C=O) groups is 1. The average molecular weight is 207 g/mol. The van der Waals surface area contributed by atoms with Gasteiger partial charge in [-0.1, -0.05) is 12.1 Å². The Balaban J connectivity index is 2.81. The molecule has 0 unspecified atom stereocenters. The smallest absolute Gasteiger partial charge is 0.156 e. The highest BCUT2D eigenvalue weighted by molar-refractivity contribution is 5.88. The highest BCUT2D eigenvalue weighted by atomic mass is 16.3. The first-order chi connectivity index (χ1) is 7.15. The second-order valence-corrected chi connectivity index (χ2v) is 3.15. The summed E-state index contributed by atoms with van der Waals surface area (Å²) in [5.74, 6) is -0.106. The minimum Gasteiger partial charge on any atom is -0.507 e. The van der Waals surface area contributed by atoms with Crippen molar-refractivity contribution in [3.8, 4) is 5.75 Å². The lowest BCUT2D eigenvalue weighted by molar-refractivity contribution is -0.118. The standard InChI is InChI=1S/C11H13NO3/c1-8(14)10(7-13)12-6-9-4-2-3-5-11(9)15/h2-6,10,13,15H,7H2,1H3/t10-/m0/s1. The van der Waals surface area contributed by atoms with Crippen molar-refractivity contribution in [1.82, 2.24) is 0 Å². The molecule has 0 saturated carbocycles. The van der Waals surface area contributed by atoms with Gasteiger partial charge in [-0.2, -0.15) is 0 Å². The molecular weight excluding hydrogens is 194 g/mol. The maximum atomic E-state index is 10.9. The summed E-state index contributed by atoms with van der Waals surface area (Å²) in [7, 11) is 0. The van der Waals surface area contributed by atoms with Crippen LogP contribution >= 0.6 is 0 Å². The molecule has 0 aliphatic heterocycles. The number of ketones is 1. The zero-order valence-electron chi connectivity index (χ0n) is 8.42. The van der Waals surface area contributed by atoms with E-state index < -0.39 is 6.04 Å². The van der Waals surface area contributed by atoms with Gasteiger partial charge in [0.25, 0.3) is 0 Å². The summed E-state index contributed by atoms with van der Waals surface area (Å²) in [6.45, 7) is 1.04. The van der Waals surface area contributed by atoms with Crippen molar-refractivity contribution >= 4 is 12.0 Å². The van der Waals surface area contributed by atoms with Crippen LogP contribution in [0.2, 0.25) is 0 Å². The largest absolute Gasteiger partial charge is 0.507 e. The quantitative estimate of drug-likeness (QED) is 0.716. The molecule has 15 heavy (non-hydrogen) atoms. The molecule has 1 aromatic carbocycles. The molecule has 1 rings (SSSR count). The number of phenolic OH excluding ortho intramolecular Hbond substituents is 1. The molecule has 2 N–H and O–H groups in total. The van der Waals surface area contributed by atoms with Crippen LogP contribution in [0, 0.1) is 0 Å². The third kappa shape index (κ3) is 3.18. The number of aromatic hydroxyl groups is 1. The van der Waals surface area contributed by atoms with E-state index in [9.17, 15) is 9.90 Å². The summed E-state index contributed by atoms with van der Waals surface area (Å²) in [6, 6.07) is 5.91. The number of Topliss-reactive ketones (excluding diaryl/α,β-unsaturated/α-hetero) is 1. The van der Waals surface area contributed by atoms with Gasteiger partial charge in [0.2, 0.25) is 0 Å². The van der Waals surface area contributed by atoms with Gasteiger partial charge in [0.05, 0.1) is 6.61 Å². The lowest BCUT2D eigenvalue weighted by atomic mass is 10.2. The van der Waals surface area contributed by atoms with Crippen molar-refractivity contribution in [3.05, 3.63) is 29.8 Å². The van der Waals surface area contributed by atoms with E-state index in [-0.39, 0.29) is 18.1 Å². The Labute approximate surface area is 87.9 Å². The maximum absolute atomic E-state index is 10.9. The first kappa shape index (κ1) is 11.4. The molecule has 0 amide bonds. The van der Waals surface area contributed by atoms with Crippen molar-refractivity contribution in [2.75, 3.05) is 6.61 Å². The molecule has 1 aromatic rings. The molecule has 4 nitrogen and oxygen atoms in total. The van der Waals surface area contributed by atoms with Crippen LogP contribution in [0.15, 0.2) is 29.3 Å². The molecule has 0 radical (unpaired) electrons. The van der Waals surface area contributed by atoms with E-state index in [1.165, 1.54) is 19.2 Å². The van der Waals surface area contributed by atoms with Crippen molar-refractivity contribution in [2.45, 2.75) is 13.0 Å². The molecule has 0 saturated heterocycles. The fourth-order valence-corrected chi connectivity index (χ4v) is 1.05. The highest BCUT2D eigenvalue weighted by Gasteiger charge is 2.09. The van der Waals surface area contributed by atoms with E-state index in [2.05, 4.69) is 4.99 Å². The summed E-state index contributed by atoms with van der Waals surface area (Å²) >= 11 is 0. The molecule has 1 atom stereocenters. The summed E-state index contributed by atoms with van der Waals surface area (Å²) < 4.78 is 0. The van der Waals surface area contributed by atoms with Crippen molar-refractivity contribution < 1.29 is 15.0 Å². The number of aliphatic hydroxyl groups is 1. The number of carbonyl (C=O) groups excluding carboxylic acids is 1. The zero-order valence-corrected chi connectivity index (χ0v) is 8.42. The molecule has 4 heteroatoms. The van der Waals surface area contributed by atoms with Crippen molar-refractivity contribution in [3.63, 3.8) is 0 Å². The first-order valence-corrected chi connectivity index (χ1v) is 4.57. The SMILES string of the molecule is CC(=O)[C@H](CO)N=Cc1ccccc1O. The Hall–Kier alpha value is -1.68. The average Bonchev–Trinajstić information content (AvgIpc) is 2.21. The molecular formula is C11H13NO3. The van der Waals surface area contributed by atoms with Crippen LogP contribution < -0.4 is 0 Å². The molecule has 0 aromatic heterocycles. The Kier molecular flexibility index (Phi) is 4.00. The van der Waals surface area contributed by atoms with Crippen LogP contribution in [0.5, 0.6) is 5.75 Å². The minimum absolute atomic E-state index is 0.0986. The molecule has 0 fully saturated rings. The summed E-state index contributed by atoms with van der Waals surface area (Å²) in [5.41, 5.74) is 0.525. The van der Waals surface area contributed by atoms with E-state index in [0.29, 0.717) is 5.56 Å². The monoisotopic (exact) mass is 207 g/mol. The Bertz CT molecular complexity index is 374. The van der Waals surface area contributed by atoms with Gasteiger partial charge in [-0.05, 0) is 19.1 Å². The lowest BCUT2D eigenvalue weighted by Gasteiger charge is -2.03.